The third-order valence-electron chi connectivity index (χ3n) is 1.38. The van der Waals surface area contributed by atoms with E-state index in [9.17, 15) is 0 Å². The summed E-state index contributed by atoms with van der Waals surface area (Å²) in [7, 11) is 0. The Labute approximate surface area is 91.7 Å². The topological polar surface area (TPSA) is 50.4 Å². The van der Waals surface area contributed by atoms with Crippen LogP contribution < -0.4 is 11.1 Å². The fourth-order valence-corrected chi connectivity index (χ4v) is 2.18. The van der Waals surface area contributed by atoms with Crippen LogP contribution in [0.1, 0.15) is 13.3 Å². The molecular weight excluding hydrogens is 229 g/mol. The Kier molecular flexibility index (Phi) is 3.76. The number of halogens is 2. The van der Waals surface area contributed by atoms with Gasteiger partial charge in [-0.2, -0.15) is 0 Å². The van der Waals surface area contributed by atoms with Crippen molar-refractivity contribution in [2.45, 2.75) is 17.8 Å². The number of nitrogens with zero attached hydrogens (tertiary/aromatic N) is 1. The van der Waals surface area contributed by atoms with Crippen LogP contribution >= 0.6 is 35.0 Å². The first kappa shape index (κ1) is 11.0. The van der Waals surface area contributed by atoms with Gasteiger partial charge in [0.15, 0.2) is 5.17 Å². The van der Waals surface area contributed by atoms with E-state index in [0.717, 1.165) is 12.2 Å². The van der Waals surface area contributed by atoms with Gasteiger partial charge in [0.25, 0.3) is 4.45 Å². The highest BCUT2D eigenvalue weighted by molar-refractivity contribution is 8.01. The molecule has 1 aliphatic rings. The number of allylic oxidation sites excluding steroid dienone is 1. The molecule has 0 fully saturated rings. The van der Waals surface area contributed by atoms with Crippen LogP contribution in [-0.2, 0) is 0 Å². The van der Waals surface area contributed by atoms with Crippen molar-refractivity contribution in [3.8, 4) is 0 Å². The molecule has 0 radical (unpaired) electrons. The standard InChI is InChI=1S/C7H11Cl2N3S/c1-2-3-13-7(9)11-4-5(10)6(8)12-7/h4,11H,2-3,10H2,1H3. The van der Waals surface area contributed by atoms with Crippen molar-refractivity contribution in [2.75, 3.05) is 5.75 Å². The highest BCUT2D eigenvalue weighted by atomic mass is 35.5. The van der Waals surface area contributed by atoms with Crippen LogP contribution in [0.15, 0.2) is 16.9 Å². The molecule has 6 heteroatoms. The smallest absolute Gasteiger partial charge is 0.256 e. The molecule has 1 heterocycles. The predicted molar refractivity (Wildman–Crippen MR) is 60.0 cm³/mol. The summed E-state index contributed by atoms with van der Waals surface area (Å²) in [6.07, 6.45) is 2.61. The van der Waals surface area contributed by atoms with E-state index >= 15 is 0 Å². The van der Waals surface area contributed by atoms with Gasteiger partial charge in [-0.1, -0.05) is 41.9 Å². The molecule has 0 aromatic rings. The van der Waals surface area contributed by atoms with Gasteiger partial charge < -0.3 is 11.1 Å². The van der Waals surface area contributed by atoms with E-state index in [1.807, 2.05) is 0 Å². The molecule has 3 nitrogen and oxygen atoms in total. The van der Waals surface area contributed by atoms with E-state index in [2.05, 4.69) is 17.2 Å². The van der Waals surface area contributed by atoms with Crippen LogP contribution in [0.5, 0.6) is 0 Å². The average molecular weight is 240 g/mol. The van der Waals surface area contributed by atoms with E-state index in [1.165, 1.54) is 11.8 Å². The van der Waals surface area contributed by atoms with Crippen molar-refractivity contribution < 1.29 is 0 Å². The minimum atomic E-state index is -0.879. The van der Waals surface area contributed by atoms with Gasteiger partial charge in [0.2, 0.25) is 0 Å². The second-order valence-corrected chi connectivity index (χ2v) is 4.97. The molecule has 0 saturated heterocycles. The number of nitrogens with one attached hydrogen (secondary N) is 1. The molecule has 0 aromatic heterocycles. The average Bonchev–Trinajstić information content (AvgIpc) is 2.09. The lowest BCUT2D eigenvalue weighted by molar-refractivity contribution is 0.734. The second kappa shape index (κ2) is 4.44. The third-order valence-corrected chi connectivity index (χ3v) is 3.41. The van der Waals surface area contributed by atoms with Gasteiger partial charge in [-0.05, 0) is 12.2 Å². The van der Waals surface area contributed by atoms with Crippen molar-refractivity contribution >= 4 is 40.1 Å². The summed E-state index contributed by atoms with van der Waals surface area (Å²) in [5, 5.41) is 3.14. The first-order chi connectivity index (χ1) is 6.07. The number of hydrogen-bond donors (Lipinski definition) is 2. The zero-order chi connectivity index (χ0) is 9.90. The Morgan fingerprint density at radius 2 is 2.46 bits per heavy atom. The summed E-state index contributed by atoms with van der Waals surface area (Å²) in [5.74, 6) is 0.915. The van der Waals surface area contributed by atoms with Crippen LogP contribution in [0.25, 0.3) is 0 Å². The van der Waals surface area contributed by atoms with E-state index in [0.29, 0.717) is 5.70 Å². The zero-order valence-electron chi connectivity index (χ0n) is 7.18. The minimum Gasteiger partial charge on any atom is -0.395 e. The lowest BCUT2D eigenvalue weighted by Crippen LogP contribution is -2.36. The highest BCUT2D eigenvalue weighted by Crippen LogP contribution is 2.32. The Morgan fingerprint density at radius 1 is 1.77 bits per heavy atom. The quantitative estimate of drug-likeness (QED) is 0.586. The number of aliphatic imine (C=N–C) groups is 1. The molecule has 3 N–H and O–H groups in total. The largest absolute Gasteiger partial charge is 0.395 e. The Hall–Kier alpha value is -0.0600. The summed E-state index contributed by atoms with van der Waals surface area (Å²) in [5.41, 5.74) is 5.91. The fourth-order valence-electron chi connectivity index (χ4n) is 0.761. The van der Waals surface area contributed by atoms with Gasteiger partial charge in [-0.15, -0.1) is 0 Å². The van der Waals surface area contributed by atoms with Gasteiger partial charge in [0.05, 0.1) is 5.70 Å². The molecule has 0 aliphatic carbocycles. The van der Waals surface area contributed by atoms with E-state index < -0.39 is 4.45 Å². The first-order valence-electron chi connectivity index (χ1n) is 3.89. The third kappa shape index (κ3) is 2.97. The van der Waals surface area contributed by atoms with Crippen LogP contribution in [0, 0.1) is 0 Å². The predicted octanol–water partition coefficient (Wildman–Crippen LogP) is 2.02. The van der Waals surface area contributed by atoms with Crippen molar-refractivity contribution in [3.63, 3.8) is 0 Å². The van der Waals surface area contributed by atoms with E-state index in [-0.39, 0.29) is 5.17 Å². The van der Waals surface area contributed by atoms with E-state index in [1.54, 1.807) is 6.20 Å². The van der Waals surface area contributed by atoms with Crippen LogP contribution in [-0.4, -0.2) is 15.4 Å². The monoisotopic (exact) mass is 239 g/mol. The number of rotatable bonds is 3. The molecule has 0 saturated carbocycles. The number of nitrogens with two attached hydrogens (primary N) is 1. The van der Waals surface area contributed by atoms with E-state index in [4.69, 9.17) is 28.9 Å². The normalized spacial score (nSPS) is 27.6. The number of hydrogen-bond acceptors (Lipinski definition) is 4. The molecule has 0 amide bonds. The maximum atomic E-state index is 6.09. The molecule has 0 bridgehead atoms. The first-order valence-corrected chi connectivity index (χ1v) is 5.63. The highest BCUT2D eigenvalue weighted by Gasteiger charge is 2.28. The van der Waals surface area contributed by atoms with Gasteiger partial charge >= 0.3 is 0 Å². The summed E-state index contributed by atoms with van der Waals surface area (Å²) in [4.78, 5) is 4.04. The number of alkyl halides is 1. The maximum Gasteiger partial charge on any atom is 0.256 e. The summed E-state index contributed by atoms with van der Waals surface area (Å²) >= 11 is 13.3. The van der Waals surface area contributed by atoms with Crippen molar-refractivity contribution in [1.29, 1.82) is 0 Å². The van der Waals surface area contributed by atoms with Gasteiger partial charge in [-0.25, -0.2) is 4.99 Å². The maximum absolute atomic E-state index is 6.09. The zero-order valence-corrected chi connectivity index (χ0v) is 9.51. The lowest BCUT2D eigenvalue weighted by atomic mass is 10.5. The molecule has 0 aromatic carbocycles. The van der Waals surface area contributed by atoms with Crippen molar-refractivity contribution in [1.82, 2.24) is 5.32 Å². The second-order valence-electron chi connectivity index (χ2n) is 2.56. The lowest BCUT2D eigenvalue weighted by Gasteiger charge is -2.26. The number of thioether (sulfide) groups is 1. The Bertz CT molecular complexity index is 254. The van der Waals surface area contributed by atoms with Gasteiger partial charge in [-0.3, -0.25) is 0 Å². The fraction of sp³-hybridized carbons (Fsp3) is 0.571. The Morgan fingerprint density at radius 3 is 3.00 bits per heavy atom. The van der Waals surface area contributed by atoms with Crippen molar-refractivity contribution in [3.05, 3.63) is 11.9 Å². The van der Waals surface area contributed by atoms with Gasteiger partial charge in [0, 0.05) is 6.20 Å². The molecule has 1 rings (SSSR count). The minimum absolute atomic E-state index is 0.261. The Balaban J connectivity index is 2.64. The molecule has 1 unspecified atom stereocenters. The van der Waals surface area contributed by atoms with Crippen molar-refractivity contribution in [2.24, 2.45) is 10.7 Å². The summed E-state index contributed by atoms with van der Waals surface area (Å²) in [6.45, 7) is 2.07. The molecular formula is C7H11Cl2N3S. The van der Waals surface area contributed by atoms with Crippen LogP contribution in [0.2, 0.25) is 0 Å². The summed E-state index contributed by atoms with van der Waals surface area (Å²) in [6, 6.07) is 0. The molecule has 13 heavy (non-hydrogen) atoms. The van der Waals surface area contributed by atoms with Crippen LogP contribution in [0.4, 0.5) is 0 Å². The van der Waals surface area contributed by atoms with Gasteiger partial charge in [0.1, 0.15) is 0 Å². The molecule has 1 aliphatic heterocycles. The molecule has 0 spiro atoms. The molecule has 74 valence electrons. The van der Waals surface area contributed by atoms with Crippen LogP contribution in [0.3, 0.4) is 0 Å². The molecule has 1 atom stereocenters. The SMILES string of the molecule is CCCSC1(Cl)N=C(Cl)C(N)=CN1. The summed E-state index contributed by atoms with van der Waals surface area (Å²) < 4.78 is -0.879.